The van der Waals surface area contributed by atoms with E-state index in [1.54, 1.807) is 12.1 Å². The van der Waals surface area contributed by atoms with Crippen molar-refractivity contribution in [1.29, 1.82) is 0 Å². The smallest absolute Gasteiger partial charge is 0.240 e. The van der Waals surface area contributed by atoms with E-state index in [0.29, 0.717) is 12.1 Å². The van der Waals surface area contributed by atoms with Gasteiger partial charge < -0.3 is 15.8 Å². The summed E-state index contributed by atoms with van der Waals surface area (Å²) in [5, 5.41) is 8.34. The van der Waals surface area contributed by atoms with Gasteiger partial charge in [-0.15, -0.1) is 0 Å². The first-order valence-electron chi connectivity index (χ1n) is 6.20. The molecule has 0 unspecified atom stereocenters. The largest absolute Gasteiger partial charge is 0.398 e. The molecular weight excluding hydrogens is 266 g/mol. The van der Waals surface area contributed by atoms with Gasteiger partial charge in [-0.05, 0) is 38.0 Å². The van der Waals surface area contributed by atoms with Crippen LogP contribution in [-0.4, -0.2) is 27.2 Å². The molecule has 1 aromatic carbocycles. The van der Waals surface area contributed by atoms with Gasteiger partial charge in [-0.2, -0.15) is 0 Å². The van der Waals surface area contributed by atoms with Gasteiger partial charge in [0.15, 0.2) is 0 Å². The number of nitrogens with two attached hydrogens (primary N) is 2. The van der Waals surface area contributed by atoms with Crippen molar-refractivity contribution in [2.75, 3.05) is 17.7 Å². The molecule has 0 amide bonds. The summed E-state index contributed by atoms with van der Waals surface area (Å²) < 4.78 is 27.9. The van der Waals surface area contributed by atoms with E-state index < -0.39 is 10.0 Å². The van der Waals surface area contributed by atoms with Crippen molar-refractivity contribution in [3.05, 3.63) is 18.2 Å². The van der Waals surface area contributed by atoms with Crippen LogP contribution in [0.2, 0.25) is 0 Å². The molecule has 0 bridgehead atoms. The molecule has 1 aliphatic carbocycles. The molecule has 0 heterocycles. The van der Waals surface area contributed by atoms with Crippen LogP contribution in [0, 0.1) is 0 Å². The first-order valence-corrected chi connectivity index (χ1v) is 7.75. The summed E-state index contributed by atoms with van der Waals surface area (Å²) in [6, 6.07) is 5.03. The maximum atomic E-state index is 11.2. The number of sulfonamides is 1. The third-order valence-electron chi connectivity index (χ3n) is 3.18. The Morgan fingerprint density at radius 3 is 2.63 bits per heavy atom. The van der Waals surface area contributed by atoms with Gasteiger partial charge in [-0.1, -0.05) is 0 Å². The number of rotatable bonds is 5. The average molecular weight is 285 g/mol. The molecule has 7 heteroatoms. The molecule has 0 spiro atoms. The van der Waals surface area contributed by atoms with Crippen LogP contribution in [0.1, 0.15) is 19.8 Å². The minimum atomic E-state index is -3.76. The van der Waals surface area contributed by atoms with Crippen LogP contribution < -0.4 is 16.2 Å². The monoisotopic (exact) mass is 285 g/mol. The van der Waals surface area contributed by atoms with E-state index >= 15 is 0 Å². The summed E-state index contributed by atoms with van der Waals surface area (Å²) >= 11 is 0. The number of hydrogen-bond donors (Lipinski definition) is 3. The van der Waals surface area contributed by atoms with Crippen LogP contribution >= 0.6 is 0 Å². The van der Waals surface area contributed by atoms with Crippen LogP contribution in [0.25, 0.3) is 0 Å². The van der Waals surface area contributed by atoms with E-state index in [2.05, 4.69) is 5.32 Å². The van der Waals surface area contributed by atoms with Gasteiger partial charge in [0.25, 0.3) is 0 Å². The fourth-order valence-corrected chi connectivity index (χ4v) is 2.83. The SMILES string of the molecule is CCOC1CC(Nc2ccc(S(N)(=O)=O)c(N)c2)C1. The zero-order valence-electron chi connectivity index (χ0n) is 10.8. The number of hydrogen-bond acceptors (Lipinski definition) is 5. The molecule has 0 aliphatic heterocycles. The first-order chi connectivity index (χ1) is 8.90. The number of nitrogens with one attached hydrogen (secondary N) is 1. The quantitative estimate of drug-likeness (QED) is 0.697. The van der Waals surface area contributed by atoms with E-state index in [4.69, 9.17) is 15.6 Å². The number of ether oxygens (including phenoxy) is 1. The summed E-state index contributed by atoms with van der Waals surface area (Å²) in [6.45, 7) is 2.71. The van der Waals surface area contributed by atoms with Crippen molar-refractivity contribution in [1.82, 2.24) is 0 Å². The fourth-order valence-electron chi connectivity index (χ4n) is 2.19. The minimum absolute atomic E-state index is 0.0427. The van der Waals surface area contributed by atoms with E-state index in [0.717, 1.165) is 25.1 Å². The highest BCUT2D eigenvalue weighted by Crippen LogP contribution is 2.28. The van der Waals surface area contributed by atoms with Gasteiger partial charge >= 0.3 is 0 Å². The average Bonchev–Trinajstić information content (AvgIpc) is 2.24. The number of nitrogen functional groups attached to an aromatic ring is 1. The molecule has 0 radical (unpaired) electrons. The maximum absolute atomic E-state index is 11.2. The molecule has 1 aromatic rings. The molecule has 2 rings (SSSR count). The molecule has 1 fully saturated rings. The summed E-state index contributed by atoms with van der Waals surface area (Å²) in [5.41, 5.74) is 6.65. The highest BCUT2D eigenvalue weighted by molar-refractivity contribution is 7.89. The summed E-state index contributed by atoms with van der Waals surface area (Å²) in [6.07, 6.45) is 2.22. The zero-order valence-corrected chi connectivity index (χ0v) is 11.6. The van der Waals surface area contributed by atoms with Crippen molar-refractivity contribution < 1.29 is 13.2 Å². The maximum Gasteiger partial charge on any atom is 0.240 e. The lowest BCUT2D eigenvalue weighted by molar-refractivity contribution is 0.00299. The Kier molecular flexibility index (Phi) is 3.98. The molecule has 0 atom stereocenters. The normalized spacial score (nSPS) is 22.8. The Bertz CT molecular complexity index is 553. The molecule has 5 N–H and O–H groups in total. The van der Waals surface area contributed by atoms with Crippen molar-refractivity contribution >= 4 is 21.4 Å². The standard InChI is InChI=1S/C12H19N3O3S/c1-2-18-10-5-9(6-10)15-8-3-4-12(11(13)7-8)19(14,16)17/h3-4,7,9-10,15H,2,5-6,13H2,1H3,(H2,14,16,17). The van der Waals surface area contributed by atoms with Gasteiger partial charge in [0, 0.05) is 18.3 Å². The van der Waals surface area contributed by atoms with E-state index in [1.807, 2.05) is 6.92 Å². The zero-order chi connectivity index (χ0) is 14.0. The Balaban J connectivity index is 1.98. The number of anilines is 2. The second-order valence-corrected chi connectivity index (χ2v) is 6.22. The lowest BCUT2D eigenvalue weighted by atomic mass is 9.89. The molecule has 0 aromatic heterocycles. The predicted octanol–water partition coefficient (Wildman–Crippen LogP) is 0.896. The highest BCUT2D eigenvalue weighted by Gasteiger charge is 2.29. The first kappa shape index (κ1) is 14.1. The Morgan fingerprint density at radius 2 is 2.11 bits per heavy atom. The molecule has 106 valence electrons. The van der Waals surface area contributed by atoms with E-state index in [-0.39, 0.29) is 10.6 Å². The second kappa shape index (κ2) is 5.36. The Labute approximate surface area is 113 Å². The third kappa shape index (κ3) is 3.37. The summed E-state index contributed by atoms with van der Waals surface area (Å²) in [4.78, 5) is -0.0427. The van der Waals surface area contributed by atoms with Crippen molar-refractivity contribution in [3.63, 3.8) is 0 Å². The summed E-state index contributed by atoms with van der Waals surface area (Å²) in [5.74, 6) is 0. The third-order valence-corrected chi connectivity index (χ3v) is 4.17. The van der Waals surface area contributed by atoms with Gasteiger partial charge in [0.2, 0.25) is 10.0 Å². The molecule has 6 nitrogen and oxygen atoms in total. The predicted molar refractivity (Wildman–Crippen MR) is 74.3 cm³/mol. The molecule has 1 aliphatic rings. The Hall–Kier alpha value is -1.31. The number of primary sulfonamides is 1. The lowest BCUT2D eigenvalue weighted by Gasteiger charge is -2.36. The minimum Gasteiger partial charge on any atom is -0.398 e. The van der Waals surface area contributed by atoms with Crippen LogP contribution in [-0.2, 0) is 14.8 Å². The second-order valence-electron chi connectivity index (χ2n) is 4.69. The molecule has 0 saturated heterocycles. The van der Waals surface area contributed by atoms with Crippen LogP contribution in [0.5, 0.6) is 0 Å². The van der Waals surface area contributed by atoms with Crippen LogP contribution in [0.4, 0.5) is 11.4 Å². The van der Waals surface area contributed by atoms with Crippen molar-refractivity contribution in [2.45, 2.75) is 36.8 Å². The lowest BCUT2D eigenvalue weighted by Crippen LogP contribution is -2.40. The van der Waals surface area contributed by atoms with E-state index in [9.17, 15) is 8.42 Å². The van der Waals surface area contributed by atoms with Crippen molar-refractivity contribution in [3.8, 4) is 0 Å². The number of benzene rings is 1. The van der Waals surface area contributed by atoms with Crippen LogP contribution in [0.3, 0.4) is 0 Å². The van der Waals surface area contributed by atoms with Gasteiger partial charge in [-0.25, -0.2) is 13.6 Å². The van der Waals surface area contributed by atoms with Gasteiger partial charge in [-0.3, -0.25) is 0 Å². The topological polar surface area (TPSA) is 107 Å². The van der Waals surface area contributed by atoms with Crippen molar-refractivity contribution in [2.24, 2.45) is 5.14 Å². The fraction of sp³-hybridized carbons (Fsp3) is 0.500. The molecule has 1 saturated carbocycles. The summed E-state index contributed by atoms with van der Waals surface area (Å²) in [7, 11) is -3.76. The van der Waals surface area contributed by atoms with Gasteiger partial charge in [0.1, 0.15) is 4.90 Å². The van der Waals surface area contributed by atoms with Gasteiger partial charge in [0.05, 0.1) is 11.8 Å². The van der Waals surface area contributed by atoms with Crippen LogP contribution in [0.15, 0.2) is 23.1 Å². The molecular formula is C12H19N3O3S. The Morgan fingerprint density at radius 1 is 1.42 bits per heavy atom. The van der Waals surface area contributed by atoms with E-state index in [1.165, 1.54) is 6.07 Å². The molecule has 19 heavy (non-hydrogen) atoms. The highest BCUT2D eigenvalue weighted by atomic mass is 32.2.